The van der Waals surface area contributed by atoms with Crippen LogP contribution in [-0.4, -0.2) is 51.9 Å². The summed E-state index contributed by atoms with van der Waals surface area (Å²) in [7, 11) is 0. The molecule has 3 rings (SSSR count). The quantitative estimate of drug-likeness (QED) is 0.864. The van der Waals surface area contributed by atoms with Crippen LogP contribution in [0, 0.1) is 0 Å². The molecule has 0 saturated heterocycles. The Morgan fingerprint density at radius 3 is 2.96 bits per heavy atom. The maximum atomic E-state index is 11.9. The SMILES string of the molecule is CC(Cn1ncc2ccc3c(c21)OC(CO)CO3)NC(=O)OC(C)(C)C. The summed E-state index contributed by atoms with van der Waals surface area (Å²) in [6.45, 7) is 7.95. The van der Waals surface area contributed by atoms with Gasteiger partial charge in [-0.1, -0.05) is 0 Å². The van der Waals surface area contributed by atoms with E-state index in [1.165, 1.54) is 0 Å². The summed E-state index contributed by atoms with van der Waals surface area (Å²) in [5, 5.41) is 17.5. The van der Waals surface area contributed by atoms with Gasteiger partial charge in [-0.3, -0.25) is 4.68 Å². The van der Waals surface area contributed by atoms with Crippen molar-refractivity contribution in [2.24, 2.45) is 0 Å². The first-order valence-electron chi connectivity index (χ1n) is 8.65. The molecule has 0 saturated carbocycles. The fraction of sp³-hybridized carbons (Fsp3) is 0.556. The molecule has 1 aromatic carbocycles. The van der Waals surface area contributed by atoms with Crippen LogP contribution in [0.15, 0.2) is 18.3 Å². The minimum Gasteiger partial charge on any atom is -0.486 e. The van der Waals surface area contributed by atoms with Gasteiger partial charge in [0.1, 0.15) is 17.7 Å². The molecule has 2 atom stereocenters. The number of carbonyl (C=O) groups is 1. The number of aromatic nitrogens is 2. The highest BCUT2D eigenvalue weighted by Gasteiger charge is 2.25. The molecule has 0 spiro atoms. The smallest absolute Gasteiger partial charge is 0.407 e. The summed E-state index contributed by atoms with van der Waals surface area (Å²) in [5.74, 6) is 1.19. The van der Waals surface area contributed by atoms with Crippen LogP contribution in [0.5, 0.6) is 11.5 Å². The Balaban J connectivity index is 1.79. The Morgan fingerprint density at radius 2 is 2.27 bits per heavy atom. The van der Waals surface area contributed by atoms with Gasteiger partial charge in [0.25, 0.3) is 0 Å². The zero-order valence-electron chi connectivity index (χ0n) is 15.5. The summed E-state index contributed by atoms with van der Waals surface area (Å²) >= 11 is 0. The van der Waals surface area contributed by atoms with E-state index in [9.17, 15) is 9.90 Å². The number of nitrogens with zero attached hydrogens (tertiary/aromatic N) is 2. The summed E-state index contributed by atoms with van der Waals surface area (Å²) in [6.07, 6.45) is 0.860. The van der Waals surface area contributed by atoms with Crippen molar-refractivity contribution in [2.45, 2.75) is 52.0 Å². The maximum Gasteiger partial charge on any atom is 0.407 e. The zero-order valence-corrected chi connectivity index (χ0v) is 15.5. The predicted octanol–water partition coefficient (Wildman–Crippen LogP) is 2.08. The van der Waals surface area contributed by atoms with Gasteiger partial charge >= 0.3 is 6.09 Å². The van der Waals surface area contributed by atoms with Gasteiger partial charge in [0, 0.05) is 11.4 Å². The van der Waals surface area contributed by atoms with E-state index < -0.39 is 17.8 Å². The fourth-order valence-electron chi connectivity index (χ4n) is 2.78. The number of ether oxygens (including phenoxy) is 3. The van der Waals surface area contributed by atoms with E-state index in [-0.39, 0.29) is 12.6 Å². The highest BCUT2D eigenvalue weighted by Crippen LogP contribution is 2.38. The van der Waals surface area contributed by atoms with Gasteiger partial charge in [0.2, 0.25) is 0 Å². The van der Waals surface area contributed by atoms with E-state index in [0.717, 1.165) is 10.9 Å². The minimum absolute atomic E-state index is 0.124. The fourth-order valence-corrected chi connectivity index (χ4v) is 2.78. The zero-order chi connectivity index (χ0) is 18.9. The highest BCUT2D eigenvalue weighted by atomic mass is 16.6. The first kappa shape index (κ1) is 18.3. The average Bonchev–Trinajstić information content (AvgIpc) is 2.95. The Morgan fingerprint density at radius 1 is 1.50 bits per heavy atom. The third-order valence-corrected chi connectivity index (χ3v) is 3.84. The Kier molecular flexibility index (Phi) is 4.95. The number of amides is 1. The second-order valence-corrected chi connectivity index (χ2v) is 7.44. The molecule has 8 nitrogen and oxygen atoms in total. The van der Waals surface area contributed by atoms with Gasteiger partial charge < -0.3 is 24.6 Å². The van der Waals surface area contributed by atoms with Crippen LogP contribution in [0.3, 0.4) is 0 Å². The Hall–Kier alpha value is -2.48. The van der Waals surface area contributed by atoms with Crippen LogP contribution < -0.4 is 14.8 Å². The molecule has 1 aromatic heterocycles. The number of rotatable bonds is 4. The van der Waals surface area contributed by atoms with Gasteiger partial charge in [-0.25, -0.2) is 4.79 Å². The van der Waals surface area contributed by atoms with Crippen molar-refractivity contribution in [3.63, 3.8) is 0 Å². The molecule has 2 unspecified atom stereocenters. The molecule has 2 aromatic rings. The van der Waals surface area contributed by atoms with Crippen molar-refractivity contribution in [3.05, 3.63) is 18.3 Å². The van der Waals surface area contributed by atoms with Crippen molar-refractivity contribution in [1.29, 1.82) is 0 Å². The molecule has 1 aliphatic rings. The van der Waals surface area contributed by atoms with Gasteiger partial charge in [-0.05, 0) is 39.8 Å². The predicted molar refractivity (Wildman–Crippen MR) is 95.6 cm³/mol. The molecule has 26 heavy (non-hydrogen) atoms. The standard InChI is InChI=1S/C18H25N3O5/c1-11(20-17(23)26-18(2,3)4)8-21-15-12(7-19-21)5-6-14-16(15)25-13(9-22)10-24-14/h5-7,11,13,22H,8-10H2,1-4H3,(H,20,23). The van der Waals surface area contributed by atoms with Crippen molar-refractivity contribution in [3.8, 4) is 11.5 Å². The summed E-state index contributed by atoms with van der Waals surface area (Å²) < 4.78 is 18.6. The first-order valence-corrected chi connectivity index (χ1v) is 8.65. The monoisotopic (exact) mass is 363 g/mol. The molecular weight excluding hydrogens is 338 g/mol. The number of benzene rings is 1. The van der Waals surface area contributed by atoms with E-state index in [1.807, 2.05) is 39.8 Å². The molecule has 142 valence electrons. The number of fused-ring (bicyclic) bond motifs is 3. The van der Waals surface area contributed by atoms with Gasteiger partial charge in [-0.15, -0.1) is 0 Å². The normalized spacial score (nSPS) is 17.8. The molecule has 2 N–H and O–H groups in total. The van der Waals surface area contributed by atoms with Crippen molar-refractivity contribution < 1.29 is 24.1 Å². The second kappa shape index (κ2) is 7.03. The van der Waals surface area contributed by atoms with Gasteiger partial charge in [-0.2, -0.15) is 5.10 Å². The number of aliphatic hydroxyl groups excluding tert-OH is 1. The number of nitrogens with one attached hydrogen (secondary N) is 1. The molecular formula is C18H25N3O5. The Bertz CT molecular complexity index is 796. The molecule has 0 aliphatic carbocycles. The van der Waals surface area contributed by atoms with E-state index in [4.69, 9.17) is 14.2 Å². The Labute approximate surface area is 152 Å². The molecule has 0 radical (unpaired) electrons. The van der Waals surface area contributed by atoms with Crippen LogP contribution in [0.4, 0.5) is 4.79 Å². The maximum absolute atomic E-state index is 11.9. The number of hydrogen-bond acceptors (Lipinski definition) is 6. The molecule has 0 bridgehead atoms. The van der Waals surface area contributed by atoms with Crippen LogP contribution in [-0.2, 0) is 11.3 Å². The van der Waals surface area contributed by atoms with Gasteiger partial charge in [0.15, 0.2) is 17.6 Å². The lowest BCUT2D eigenvalue weighted by atomic mass is 10.2. The number of alkyl carbamates (subject to hydrolysis) is 1. The number of carbonyl (C=O) groups excluding carboxylic acids is 1. The number of aliphatic hydroxyl groups is 1. The molecule has 0 fully saturated rings. The van der Waals surface area contributed by atoms with E-state index in [0.29, 0.717) is 24.7 Å². The topological polar surface area (TPSA) is 94.8 Å². The van der Waals surface area contributed by atoms with Crippen LogP contribution >= 0.6 is 0 Å². The van der Waals surface area contributed by atoms with Crippen LogP contribution in [0.2, 0.25) is 0 Å². The van der Waals surface area contributed by atoms with E-state index in [2.05, 4.69) is 10.4 Å². The lowest BCUT2D eigenvalue weighted by molar-refractivity contribution is 0.0466. The molecule has 8 heteroatoms. The lowest BCUT2D eigenvalue weighted by Crippen LogP contribution is -2.39. The largest absolute Gasteiger partial charge is 0.486 e. The first-order chi connectivity index (χ1) is 12.3. The minimum atomic E-state index is -0.550. The number of hydrogen-bond donors (Lipinski definition) is 2. The summed E-state index contributed by atoms with van der Waals surface area (Å²) in [6, 6.07) is 3.54. The second-order valence-electron chi connectivity index (χ2n) is 7.44. The van der Waals surface area contributed by atoms with Gasteiger partial charge in [0.05, 0.1) is 19.3 Å². The van der Waals surface area contributed by atoms with Crippen molar-refractivity contribution >= 4 is 17.0 Å². The van der Waals surface area contributed by atoms with Crippen molar-refractivity contribution in [1.82, 2.24) is 15.1 Å². The third kappa shape index (κ3) is 4.01. The summed E-state index contributed by atoms with van der Waals surface area (Å²) in [4.78, 5) is 11.9. The third-order valence-electron chi connectivity index (χ3n) is 3.84. The molecule has 1 amide bonds. The lowest BCUT2D eigenvalue weighted by Gasteiger charge is -2.26. The average molecular weight is 363 g/mol. The van der Waals surface area contributed by atoms with E-state index >= 15 is 0 Å². The van der Waals surface area contributed by atoms with E-state index in [1.54, 1.807) is 10.9 Å². The molecule has 2 heterocycles. The van der Waals surface area contributed by atoms with Crippen molar-refractivity contribution in [2.75, 3.05) is 13.2 Å². The van der Waals surface area contributed by atoms with Crippen LogP contribution in [0.25, 0.3) is 10.9 Å². The molecule has 1 aliphatic heterocycles. The van der Waals surface area contributed by atoms with Crippen LogP contribution in [0.1, 0.15) is 27.7 Å². The summed E-state index contributed by atoms with van der Waals surface area (Å²) in [5.41, 5.74) is 0.227. The highest BCUT2D eigenvalue weighted by molar-refractivity contribution is 5.87.